The molecule has 106 valence electrons. The number of nitrogens with one attached hydrogen (secondary N) is 1. The van der Waals surface area contributed by atoms with Gasteiger partial charge in [0, 0.05) is 12.6 Å². The van der Waals surface area contributed by atoms with Gasteiger partial charge < -0.3 is 10.4 Å². The lowest BCUT2D eigenvalue weighted by atomic mass is 9.79. The summed E-state index contributed by atoms with van der Waals surface area (Å²) < 4.78 is 0. The van der Waals surface area contributed by atoms with E-state index < -0.39 is 5.60 Å². The smallest absolute Gasteiger partial charge is 0.0774 e. The summed E-state index contributed by atoms with van der Waals surface area (Å²) in [5, 5.41) is 14.1. The van der Waals surface area contributed by atoms with Gasteiger partial charge in [0.1, 0.15) is 0 Å². The molecule has 0 aromatic heterocycles. The van der Waals surface area contributed by atoms with E-state index in [-0.39, 0.29) is 0 Å². The zero-order valence-corrected chi connectivity index (χ0v) is 12.2. The Kier molecular flexibility index (Phi) is 5.00. The summed E-state index contributed by atoms with van der Waals surface area (Å²) in [5.41, 5.74) is 0.870. The van der Waals surface area contributed by atoms with Crippen molar-refractivity contribution >= 4 is 0 Å². The largest absolute Gasteiger partial charge is 0.389 e. The summed E-state index contributed by atoms with van der Waals surface area (Å²) in [6.45, 7) is 5.17. The van der Waals surface area contributed by atoms with E-state index in [0.717, 1.165) is 32.2 Å². The summed E-state index contributed by atoms with van der Waals surface area (Å²) >= 11 is 0. The van der Waals surface area contributed by atoms with Gasteiger partial charge in [0.15, 0.2) is 0 Å². The molecule has 1 aliphatic rings. The first-order valence-corrected chi connectivity index (χ1v) is 7.57. The monoisotopic (exact) mass is 261 g/mol. The maximum atomic E-state index is 10.6. The lowest BCUT2D eigenvalue weighted by Crippen LogP contribution is -2.46. The molecule has 3 unspecified atom stereocenters. The molecule has 1 fully saturated rings. The second-order valence-electron chi connectivity index (χ2n) is 6.40. The molecule has 2 nitrogen and oxygen atoms in total. The highest BCUT2D eigenvalue weighted by molar-refractivity contribution is 5.15. The molecule has 1 aliphatic carbocycles. The number of rotatable bonds is 5. The normalized spacial score (nSPS) is 29.1. The van der Waals surface area contributed by atoms with Crippen LogP contribution in [-0.2, 0) is 6.42 Å². The maximum absolute atomic E-state index is 10.6. The van der Waals surface area contributed by atoms with Crippen LogP contribution in [0.1, 0.15) is 45.1 Å². The van der Waals surface area contributed by atoms with Crippen molar-refractivity contribution in [2.24, 2.45) is 5.92 Å². The highest BCUT2D eigenvalue weighted by Crippen LogP contribution is 2.31. The van der Waals surface area contributed by atoms with Gasteiger partial charge in [0.2, 0.25) is 0 Å². The van der Waals surface area contributed by atoms with Crippen molar-refractivity contribution in [3.63, 3.8) is 0 Å². The number of hydrogen-bond donors (Lipinski definition) is 2. The quantitative estimate of drug-likeness (QED) is 0.853. The van der Waals surface area contributed by atoms with Crippen molar-refractivity contribution in [2.75, 3.05) is 6.54 Å². The molecule has 1 aromatic carbocycles. The molecule has 0 heterocycles. The predicted octanol–water partition coefficient (Wildman–Crippen LogP) is 3.15. The van der Waals surface area contributed by atoms with Crippen molar-refractivity contribution in [2.45, 2.75) is 57.6 Å². The molecular formula is C17H27NO. The van der Waals surface area contributed by atoms with Gasteiger partial charge in [-0.25, -0.2) is 0 Å². The Bertz CT molecular complexity index is 378. The van der Waals surface area contributed by atoms with Crippen LogP contribution in [0.25, 0.3) is 0 Å². The summed E-state index contributed by atoms with van der Waals surface area (Å²) in [6, 6.07) is 10.9. The summed E-state index contributed by atoms with van der Waals surface area (Å²) in [7, 11) is 0. The fraction of sp³-hybridized carbons (Fsp3) is 0.647. The Morgan fingerprint density at radius 1 is 1.37 bits per heavy atom. The van der Waals surface area contributed by atoms with Crippen LogP contribution in [0.2, 0.25) is 0 Å². The Balaban J connectivity index is 1.78. The first kappa shape index (κ1) is 14.5. The highest BCUT2D eigenvalue weighted by atomic mass is 16.3. The average Bonchev–Trinajstić information content (AvgIpc) is 2.38. The van der Waals surface area contributed by atoms with E-state index >= 15 is 0 Å². The fourth-order valence-corrected chi connectivity index (χ4v) is 3.20. The second-order valence-corrected chi connectivity index (χ2v) is 6.40. The van der Waals surface area contributed by atoms with E-state index in [1.165, 1.54) is 12.0 Å². The highest BCUT2D eigenvalue weighted by Gasteiger charge is 2.32. The molecule has 0 aliphatic heterocycles. The van der Waals surface area contributed by atoms with Crippen LogP contribution >= 0.6 is 0 Å². The Morgan fingerprint density at radius 2 is 2.11 bits per heavy atom. The predicted molar refractivity (Wildman–Crippen MR) is 80.2 cm³/mol. The zero-order valence-electron chi connectivity index (χ0n) is 12.2. The van der Waals surface area contributed by atoms with E-state index in [1.54, 1.807) is 0 Å². The third-order valence-electron chi connectivity index (χ3n) is 4.23. The summed E-state index contributed by atoms with van der Waals surface area (Å²) in [4.78, 5) is 0. The SMILES string of the molecule is CC1CCCC(O)(CNC(C)Cc2ccccc2)C1. The molecule has 0 spiro atoms. The Morgan fingerprint density at radius 3 is 2.79 bits per heavy atom. The molecule has 3 atom stereocenters. The number of aliphatic hydroxyl groups is 1. The first-order valence-electron chi connectivity index (χ1n) is 7.57. The molecule has 19 heavy (non-hydrogen) atoms. The van der Waals surface area contributed by atoms with Crippen LogP contribution in [0.5, 0.6) is 0 Å². The third-order valence-corrected chi connectivity index (χ3v) is 4.23. The van der Waals surface area contributed by atoms with Crippen LogP contribution in [0.3, 0.4) is 0 Å². The average molecular weight is 261 g/mol. The molecule has 1 saturated carbocycles. The van der Waals surface area contributed by atoms with Gasteiger partial charge >= 0.3 is 0 Å². The molecule has 0 amide bonds. The first-order chi connectivity index (χ1) is 9.07. The van der Waals surface area contributed by atoms with Gasteiger partial charge in [-0.1, -0.05) is 50.1 Å². The Labute approximate surface area is 117 Å². The van der Waals surface area contributed by atoms with E-state index in [4.69, 9.17) is 0 Å². The lowest BCUT2D eigenvalue weighted by molar-refractivity contribution is -0.0133. The van der Waals surface area contributed by atoms with Gasteiger partial charge in [-0.3, -0.25) is 0 Å². The molecular weight excluding hydrogens is 234 g/mol. The third kappa shape index (κ3) is 4.63. The van der Waals surface area contributed by atoms with Crippen LogP contribution in [0.15, 0.2) is 30.3 Å². The molecule has 2 heteroatoms. The topological polar surface area (TPSA) is 32.3 Å². The summed E-state index contributed by atoms with van der Waals surface area (Å²) in [6.07, 6.45) is 5.33. The summed E-state index contributed by atoms with van der Waals surface area (Å²) in [5.74, 6) is 0.657. The minimum absolute atomic E-state index is 0.406. The van der Waals surface area contributed by atoms with E-state index in [2.05, 4.69) is 43.4 Å². The van der Waals surface area contributed by atoms with Gasteiger partial charge in [-0.05, 0) is 37.7 Å². The minimum atomic E-state index is -0.484. The van der Waals surface area contributed by atoms with Crippen LogP contribution < -0.4 is 5.32 Å². The molecule has 0 radical (unpaired) electrons. The van der Waals surface area contributed by atoms with Crippen LogP contribution in [0, 0.1) is 5.92 Å². The fourth-order valence-electron chi connectivity index (χ4n) is 3.20. The van der Waals surface area contributed by atoms with Crippen molar-refractivity contribution in [1.82, 2.24) is 5.32 Å². The molecule has 0 saturated heterocycles. The van der Waals surface area contributed by atoms with E-state index in [0.29, 0.717) is 12.0 Å². The second kappa shape index (κ2) is 6.53. The van der Waals surface area contributed by atoms with Crippen molar-refractivity contribution in [3.8, 4) is 0 Å². The molecule has 2 N–H and O–H groups in total. The van der Waals surface area contributed by atoms with Gasteiger partial charge in [-0.2, -0.15) is 0 Å². The minimum Gasteiger partial charge on any atom is -0.389 e. The number of benzene rings is 1. The van der Waals surface area contributed by atoms with Gasteiger partial charge in [-0.15, -0.1) is 0 Å². The Hall–Kier alpha value is -0.860. The number of hydrogen-bond acceptors (Lipinski definition) is 2. The van der Waals surface area contributed by atoms with E-state index in [9.17, 15) is 5.11 Å². The van der Waals surface area contributed by atoms with Gasteiger partial charge in [0.25, 0.3) is 0 Å². The van der Waals surface area contributed by atoms with Crippen LogP contribution in [0.4, 0.5) is 0 Å². The molecule has 2 rings (SSSR count). The zero-order chi connectivity index (χ0) is 13.7. The van der Waals surface area contributed by atoms with E-state index in [1.807, 2.05) is 6.07 Å². The lowest BCUT2D eigenvalue weighted by Gasteiger charge is -2.36. The van der Waals surface area contributed by atoms with Crippen molar-refractivity contribution in [1.29, 1.82) is 0 Å². The standard InChI is InChI=1S/C17H27NO/c1-14-7-6-10-17(19,12-14)13-18-15(2)11-16-8-4-3-5-9-16/h3-5,8-9,14-15,18-19H,6-7,10-13H2,1-2H3. The maximum Gasteiger partial charge on any atom is 0.0774 e. The van der Waals surface area contributed by atoms with Crippen molar-refractivity contribution < 1.29 is 5.11 Å². The van der Waals surface area contributed by atoms with Gasteiger partial charge in [0.05, 0.1) is 5.60 Å². The van der Waals surface area contributed by atoms with Crippen LogP contribution in [-0.4, -0.2) is 23.3 Å². The molecule has 1 aromatic rings. The van der Waals surface area contributed by atoms with Crippen molar-refractivity contribution in [3.05, 3.63) is 35.9 Å². The molecule has 0 bridgehead atoms.